The Morgan fingerprint density at radius 3 is 2.83 bits per heavy atom. The summed E-state index contributed by atoms with van der Waals surface area (Å²) in [5.41, 5.74) is 1.95. The maximum absolute atomic E-state index is 5.40. The smallest absolute Gasteiger partial charge is 0.231 e. The van der Waals surface area contributed by atoms with Crippen molar-refractivity contribution in [3.63, 3.8) is 0 Å². The lowest BCUT2D eigenvalue weighted by molar-refractivity contribution is 0.174. The van der Waals surface area contributed by atoms with E-state index < -0.39 is 0 Å². The minimum Gasteiger partial charge on any atom is -0.454 e. The fourth-order valence-corrected chi connectivity index (χ4v) is 2.57. The number of ether oxygens (including phenoxy) is 2. The first-order valence-electron chi connectivity index (χ1n) is 7.35. The second-order valence-corrected chi connectivity index (χ2v) is 5.99. The summed E-state index contributed by atoms with van der Waals surface area (Å²) >= 11 is 3.33. The van der Waals surface area contributed by atoms with Crippen LogP contribution in [0.4, 0.5) is 5.82 Å². The van der Waals surface area contributed by atoms with Crippen LogP contribution in [0, 0.1) is 0 Å². The molecular weight excluding hydrogens is 372 g/mol. The zero-order valence-corrected chi connectivity index (χ0v) is 14.2. The molecule has 0 amide bonds. The van der Waals surface area contributed by atoms with Crippen molar-refractivity contribution in [3.8, 4) is 22.9 Å². The van der Waals surface area contributed by atoms with Crippen molar-refractivity contribution in [1.82, 2.24) is 15.0 Å². The SMILES string of the molecule is Brc1ccc(CNc2ccnc(-c3ccc4c(c3)OCO4)n2)cn1. The first-order valence-corrected chi connectivity index (χ1v) is 8.14. The Morgan fingerprint density at radius 2 is 1.96 bits per heavy atom. The molecular formula is C17H13BrN4O2. The standard InChI is InChI=1S/C17H13BrN4O2/c18-15-4-1-11(8-20-15)9-21-16-5-6-19-17(22-16)12-2-3-13-14(7-12)24-10-23-13/h1-8H,9-10H2,(H,19,21,22). The van der Waals surface area contributed by atoms with Crippen LogP contribution in [-0.2, 0) is 6.54 Å². The summed E-state index contributed by atoms with van der Waals surface area (Å²) in [6.45, 7) is 0.889. The number of nitrogens with one attached hydrogen (secondary N) is 1. The normalized spacial score (nSPS) is 12.2. The van der Waals surface area contributed by atoms with Gasteiger partial charge in [0.05, 0.1) is 0 Å². The first-order chi connectivity index (χ1) is 11.8. The summed E-state index contributed by atoms with van der Waals surface area (Å²) in [5, 5.41) is 3.28. The van der Waals surface area contributed by atoms with Gasteiger partial charge in [-0.3, -0.25) is 0 Å². The van der Waals surface area contributed by atoms with Gasteiger partial charge in [-0.1, -0.05) is 6.07 Å². The van der Waals surface area contributed by atoms with Crippen LogP contribution < -0.4 is 14.8 Å². The van der Waals surface area contributed by atoms with E-state index in [2.05, 4.69) is 36.2 Å². The molecule has 0 saturated heterocycles. The number of nitrogens with zero attached hydrogens (tertiary/aromatic N) is 3. The number of pyridine rings is 1. The molecule has 1 aliphatic rings. The number of anilines is 1. The summed E-state index contributed by atoms with van der Waals surface area (Å²) in [4.78, 5) is 13.1. The lowest BCUT2D eigenvalue weighted by atomic mass is 10.2. The van der Waals surface area contributed by atoms with Crippen molar-refractivity contribution in [2.75, 3.05) is 12.1 Å². The Balaban J connectivity index is 1.52. The Morgan fingerprint density at radius 1 is 1.04 bits per heavy atom. The quantitative estimate of drug-likeness (QED) is 0.692. The van der Waals surface area contributed by atoms with Crippen molar-refractivity contribution in [2.24, 2.45) is 0 Å². The molecule has 7 heteroatoms. The molecule has 0 radical (unpaired) electrons. The van der Waals surface area contributed by atoms with Gasteiger partial charge in [-0.05, 0) is 51.8 Å². The lowest BCUT2D eigenvalue weighted by Crippen LogP contribution is -2.03. The van der Waals surface area contributed by atoms with Crippen LogP contribution in [-0.4, -0.2) is 21.7 Å². The van der Waals surface area contributed by atoms with Gasteiger partial charge in [0.15, 0.2) is 17.3 Å². The molecule has 1 aromatic carbocycles. The summed E-state index contributed by atoms with van der Waals surface area (Å²) < 4.78 is 11.5. The summed E-state index contributed by atoms with van der Waals surface area (Å²) in [6.07, 6.45) is 3.55. The van der Waals surface area contributed by atoms with Gasteiger partial charge < -0.3 is 14.8 Å². The van der Waals surface area contributed by atoms with Crippen LogP contribution in [0.2, 0.25) is 0 Å². The third kappa shape index (κ3) is 3.16. The highest BCUT2D eigenvalue weighted by Gasteiger charge is 2.14. The van der Waals surface area contributed by atoms with Crippen LogP contribution in [0.15, 0.2) is 53.4 Å². The fraction of sp³-hybridized carbons (Fsp3) is 0.118. The van der Waals surface area contributed by atoms with Gasteiger partial charge >= 0.3 is 0 Å². The molecule has 3 aromatic rings. The number of hydrogen-bond acceptors (Lipinski definition) is 6. The predicted molar refractivity (Wildman–Crippen MR) is 92.9 cm³/mol. The number of fused-ring (bicyclic) bond motifs is 1. The van der Waals surface area contributed by atoms with Crippen LogP contribution in [0.1, 0.15) is 5.56 Å². The highest BCUT2D eigenvalue weighted by Crippen LogP contribution is 2.35. The minimum absolute atomic E-state index is 0.252. The lowest BCUT2D eigenvalue weighted by Gasteiger charge is -2.07. The van der Waals surface area contributed by atoms with E-state index in [-0.39, 0.29) is 6.79 Å². The maximum Gasteiger partial charge on any atom is 0.231 e. The number of rotatable bonds is 4. The number of aromatic nitrogens is 3. The zero-order chi connectivity index (χ0) is 16.4. The predicted octanol–water partition coefficient (Wildman–Crippen LogP) is 3.64. The number of hydrogen-bond donors (Lipinski definition) is 1. The van der Waals surface area contributed by atoms with E-state index >= 15 is 0 Å². The highest BCUT2D eigenvalue weighted by atomic mass is 79.9. The second-order valence-electron chi connectivity index (χ2n) is 5.18. The summed E-state index contributed by atoms with van der Waals surface area (Å²) in [6, 6.07) is 11.4. The van der Waals surface area contributed by atoms with E-state index in [9.17, 15) is 0 Å². The fourth-order valence-electron chi connectivity index (χ4n) is 2.34. The molecule has 2 aromatic heterocycles. The second kappa shape index (κ2) is 6.45. The summed E-state index contributed by atoms with van der Waals surface area (Å²) in [7, 11) is 0. The van der Waals surface area contributed by atoms with E-state index in [4.69, 9.17) is 9.47 Å². The van der Waals surface area contributed by atoms with Crippen LogP contribution in [0.3, 0.4) is 0 Å². The molecule has 0 spiro atoms. The van der Waals surface area contributed by atoms with E-state index in [1.807, 2.05) is 42.6 Å². The van der Waals surface area contributed by atoms with Crippen molar-refractivity contribution >= 4 is 21.7 Å². The average Bonchev–Trinajstić information content (AvgIpc) is 3.09. The number of benzene rings is 1. The average molecular weight is 385 g/mol. The number of halogens is 1. The third-order valence-electron chi connectivity index (χ3n) is 3.55. The van der Waals surface area contributed by atoms with Gasteiger partial charge in [0, 0.05) is 24.5 Å². The molecule has 1 N–H and O–H groups in total. The van der Waals surface area contributed by atoms with Crippen molar-refractivity contribution in [2.45, 2.75) is 6.54 Å². The van der Waals surface area contributed by atoms with Gasteiger partial charge in [0.2, 0.25) is 6.79 Å². The van der Waals surface area contributed by atoms with Crippen molar-refractivity contribution in [3.05, 3.63) is 59.0 Å². The molecule has 120 valence electrons. The van der Waals surface area contributed by atoms with E-state index in [1.54, 1.807) is 6.20 Å². The topological polar surface area (TPSA) is 69.2 Å². The molecule has 0 unspecified atom stereocenters. The molecule has 0 bridgehead atoms. The highest BCUT2D eigenvalue weighted by molar-refractivity contribution is 9.10. The largest absolute Gasteiger partial charge is 0.454 e. The molecule has 0 aliphatic carbocycles. The molecule has 4 rings (SSSR count). The summed E-state index contributed by atoms with van der Waals surface area (Å²) in [5.74, 6) is 2.85. The van der Waals surface area contributed by atoms with Crippen LogP contribution in [0.5, 0.6) is 11.5 Å². The minimum atomic E-state index is 0.252. The van der Waals surface area contributed by atoms with Gasteiger partial charge in [0.25, 0.3) is 0 Å². The van der Waals surface area contributed by atoms with E-state index in [0.717, 1.165) is 33.0 Å². The van der Waals surface area contributed by atoms with Gasteiger partial charge in [-0.2, -0.15) is 0 Å². The molecule has 1 aliphatic heterocycles. The monoisotopic (exact) mass is 384 g/mol. The molecule has 0 fully saturated rings. The molecule has 24 heavy (non-hydrogen) atoms. The van der Waals surface area contributed by atoms with Crippen molar-refractivity contribution < 1.29 is 9.47 Å². The van der Waals surface area contributed by atoms with Crippen molar-refractivity contribution in [1.29, 1.82) is 0 Å². The molecule has 3 heterocycles. The maximum atomic E-state index is 5.40. The van der Waals surface area contributed by atoms with Crippen LogP contribution in [0.25, 0.3) is 11.4 Å². The zero-order valence-electron chi connectivity index (χ0n) is 12.6. The first kappa shape index (κ1) is 14.9. The Kier molecular flexibility index (Phi) is 4.00. The van der Waals surface area contributed by atoms with Crippen LogP contribution >= 0.6 is 15.9 Å². The van der Waals surface area contributed by atoms with E-state index in [1.165, 1.54) is 0 Å². The van der Waals surface area contributed by atoms with Gasteiger partial charge in [-0.25, -0.2) is 15.0 Å². The Bertz CT molecular complexity index is 871. The molecule has 0 atom stereocenters. The molecule has 6 nitrogen and oxygen atoms in total. The van der Waals surface area contributed by atoms with Gasteiger partial charge in [-0.15, -0.1) is 0 Å². The van der Waals surface area contributed by atoms with Gasteiger partial charge in [0.1, 0.15) is 10.4 Å². The molecule has 0 saturated carbocycles. The Labute approximate surface area is 147 Å². The Hall–Kier alpha value is -2.67. The van der Waals surface area contributed by atoms with E-state index in [0.29, 0.717) is 12.4 Å². The third-order valence-corrected chi connectivity index (χ3v) is 4.02.